The monoisotopic (exact) mass is 262 g/mol. The van der Waals surface area contributed by atoms with E-state index in [0.717, 1.165) is 30.8 Å². The van der Waals surface area contributed by atoms with E-state index in [0.29, 0.717) is 13.2 Å². The molecule has 0 unspecified atom stereocenters. The predicted octanol–water partition coefficient (Wildman–Crippen LogP) is 1.80. The molecule has 1 aromatic carbocycles. The third-order valence-electron chi connectivity index (χ3n) is 3.68. The van der Waals surface area contributed by atoms with Crippen LogP contribution < -0.4 is 5.73 Å². The van der Waals surface area contributed by atoms with Gasteiger partial charge in [-0.15, -0.1) is 0 Å². The van der Waals surface area contributed by atoms with Gasteiger partial charge in [-0.2, -0.15) is 0 Å². The van der Waals surface area contributed by atoms with E-state index in [2.05, 4.69) is 0 Å². The van der Waals surface area contributed by atoms with Crippen molar-refractivity contribution in [2.45, 2.75) is 25.7 Å². The molecule has 4 nitrogen and oxygen atoms in total. The molecule has 19 heavy (non-hydrogen) atoms. The van der Waals surface area contributed by atoms with E-state index in [9.17, 15) is 4.79 Å². The summed E-state index contributed by atoms with van der Waals surface area (Å²) in [5.41, 5.74) is 6.88. The van der Waals surface area contributed by atoms with E-state index >= 15 is 0 Å². The Kier molecular flexibility index (Phi) is 4.10. The maximum Gasteiger partial charge on any atom is 0.232 e. The Bertz CT molecular complexity index is 432. The molecule has 0 aromatic heterocycles. The molecule has 1 aliphatic heterocycles. The standard InChI is InChI=1S/C15H22N2O2/c1-15(2,12-4-6-13(16)7-5-12)14(18)17-8-3-10-19-11-9-17/h4-7H,3,8-11,16H2,1-2H3. The number of rotatable bonds is 2. The van der Waals surface area contributed by atoms with Crippen molar-refractivity contribution >= 4 is 11.6 Å². The Labute approximate surface area is 114 Å². The highest BCUT2D eigenvalue weighted by atomic mass is 16.5. The zero-order valence-electron chi connectivity index (χ0n) is 11.7. The zero-order chi connectivity index (χ0) is 13.9. The molecular weight excluding hydrogens is 240 g/mol. The lowest BCUT2D eigenvalue weighted by Gasteiger charge is -2.31. The van der Waals surface area contributed by atoms with Gasteiger partial charge in [-0.25, -0.2) is 0 Å². The van der Waals surface area contributed by atoms with Gasteiger partial charge in [-0.3, -0.25) is 4.79 Å². The lowest BCUT2D eigenvalue weighted by Crippen LogP contribution is -2.44. The normalized spacial score (nSPS) is 17.1. The first-order valence-electron chi connectivity index (χ1n) is 6.75. The second kappa shape index (κ2) is 5.61. The number of nitrogen functional groups attached to an aromatic ring is 1. The maximum absolute atomic E-state index is 12.7. The lowest BCUT2D eigenvalue weighted by atomic mass is 9.83. The van der Waals surface area contributed by atoms with Crippen molar-refractivity contribution in [2.75, 3.05) is 32.0 Å². The van der Waals surface area contributed by atoms with Crippen molar-refractivity contribution in [3.63, 3.8) is 0 Å². The summed E-state index contributed by atoms with van der Waals surface area (Å²) in [6.45, 7) is 6.75. The van der Waals surface area contributed by atoms with E-state index < -0.39 is 5.41 Å². The summed E-state index contributed by atoms with van der Waals surface area (Å²) in [7, 11) is 0. The van der Waals surface area contributed by atoms with Gasteiger partial charge >= 0.3 is 0 Å². The molecule has 1 amide bonds. The summed E-state index contributed by atoms with van der Waals surface area (Å²) in [6.07, 6.45) is 0.906. The van der Waals surface area contributed by atoms with Gasteiger partial charge in [-0.1, -0.05) is 12.1 Å². The minimum Gasteiger partial charge on any atom is -0.399 e. The molecule has 1 saturated heterocycles. The van der Waals surface area contributed by atoms with Crippen molar-refractivity contribution in [3.05, 3.63) is 29.8 Å². The zero-order valence-corrected chi connectivity index (χ0v) is 11.7. The highest BCUT2D eigenvalue weighted by Crippen LogP contribution is 2.27. The Hall–Kier alpha value is -1.55. The van der Waals surface area contributed by atoms with Crippen LogP contribution >= 0.6 is 0 Å². The first-order chi connectivity index (χ1) is 9.01. The summed E-state index contributed by atoms with van der Waals surface area (Å²) < 4.78 is 5.40. The minimum absolute atomic E-state index is 0.155. The number of anilines is 1. The van der Waals surface area contributed by atoms with Gasteiger partial charge in [0.15, 0.2) is 0 Å². The Balaban J connectivity index is 2.17. The molecule has 0 aliphatic carbocycles. The number of hydrogen-bond donors (Lipinski definition) is 1. The number of amides is 1. The smallest absolute Gasteiger partial charge is 0.232 e. The van der Waals surface area contributed by atoms with Crippen molar-refractivity contribution in [3.8, 4) is 0 Å². The molecular formula is C15H22N2O2. The summed E-state index contributed by atoms with van der Waals surface area (Å²) in [4.78, 5) is 14.6. The first-order valence-corrected chi connectivity index (χ1v) is 6.75. The van der Waals surface area contributed by atoms with E-state index in [1.807, 2.05) is 43.0 Å². The van der Waals surface area contributed by atoms with Gasteiger partial charge in [0, 0.05) is 25.4 Å². The second-order valence-corrected chi connectivity index (χ2v) is 5.51. The number of ether oxygens (including phenoxy) is 1. The molecule has 2 rings (SSSR count). The molecule has 0 bridgehead atoms. The van der Waals surface area contributed by atoms with Crippen LogP contribution in [0.5, 0.6) is 0 Å². The van der Waals surface area contributed by atoms with Crippen molar-refractivity contribution in [1.82, 2.24) is 4.90 Å². The Morgan fingerprint density at radius 3 is 2.58 bits per heavy atom. The van der Waals surface area contributed by atoms with E-state index in [4.69, 9.17) is 10.5 Å². The fraction of sp³-hybridized carbons (Fsp3) is 0.533. The van der Waals surface area contributed by atoms with Gasteiger partial charge < -0.3 is 15.4 Å². The number of nitrogens with zero attached hydrogens (tertiary/aromatic N) is 1. The SMILES string of the molecule is CC(C)(C(=O)N1CCCOCC1)c1ccc(N)cc1. The minimum atomic E-state index is -0.530. The molecule has 0 spiro atoms. The van der Waals surface area contributed by atoms with Crippen LogP contribution in [0.3, 0.4) is 0 Å². The highest BCUT2D eigenvalue weighted by molar-refractivity contribution is 5.87. The van der Waals surface area contributed by atoms with Crippen LogP contribution in [0.25, 0.3) is 0 Å². The molecule has 2 N–H and O–H groups in total. The maximum atomic E-state index is 12.7. The summed E-state index contributed by atoms with van der Waals surface area (Å²) >= 11 is 0. The largest absolute Gasteiger partial charge is 0.399 e. The third-order valence-corrected chi connectivity index (χ3v) is 3.68. The number of nitrogens with two attached hydrogens (primary N) is 1. The topological polar surface area (TPSA) is 55.6 Å². The van der Waals surface area contributed by atoms with Crippen LogP contribution in [0.1, 0.15) is 25.8 Å². The van der Waals surface area contributed by atoms with Crippen molar-refractivity contribution in [1.29, 1.82) is 0 Å². The molecule has 1 aromatic rings. The van der Waals surface area contributed by atoms with Crippen LogP contribution in [-0.2, 0) is 14.9 Å². The molecule has 1 aliphatic rings. The summed E-state index contributed by atoms with van der Waals surface area (Å²) in [5.74, 6) is 0.155. The number of hydrogen-bond acceptors (Lipinski definition) is 3. The first kappa shape index (κ1) is 13.9. The second-order valence-electron chi connectivity index (χ2n) is 5.51. The van der Waals surface area contributed by atoms with Crippen LogP contribution in [-0.4, -0.2) is 37.1 Å². The van der Waals surface area contributed by atoms with Crippen LogP contribution in [0.4, 0.5) is 5.69 Å². The van der Waals surface area contributed by atoms with Crippen molar-refractivity contribution < 1.29 is 9.53 Å². The summed E-state index contributed by atoms with van der Waals surface area (Å²) in [5, 5.41) is 0. The highest BCUT2D eigenvalue weighted by Gasteiger charge is 2.33. The van der Waals surface area contributed by atoms with Gasteiger partial charge in [0.05, 0.1) is 12.0 Å². The van der Waals surface area contributed by atoms with Gasteiger partial charge in [0.25, 0.3) is 0 Å². The van der Waals surface area contributed by atoms with Gasteiger partial charge in [0.2, 0.25) is 5.91 Å². The van der Waals surface area contributed by atoms with Crippen LogP contribution in [0.15, 0.2) is 24.3 Å². The Morgan fingerprint density at radius 2 is 1.89 bits per heavy atom. The molecule has 0 saturated carbocycles. The van der Waals surface area contributed by atoms with Gasteiger partial charge in [0.1, 0.15) is 0 Å². The van der Waals surface area contributed by atoms with E-state index in [-0.39, 0.29) is 5.91 Å². The number of carbonyl (C=O) groups excluding carboxylic acids is 1. The summed E-state index contributed by atoms with van der Waals surface area (Å²) in [6, 6.07) is 7.55. The molecule has 1 fully saturated rings. The number of benzene rings is 1. The van der Waals surface area contributed by atoms with Crippen molar-refractivity contribution in [2.24, 2.45) is 0 Å². The third kappa shape index (κ3) is 3.07. The van der Waals surface area contributed by atoms with Crippen LogP contribution in [0, 0.1) is 0 Å². The van der Waals surface area contributed by atoms with E-state index in [1.165, 1.54) is 0 Å². The fourth-order valence-electron chi connectivity index (χ4n) is 2.37. The van der Waals surface area contributed by atoms with E-state index in [1.54, 1.807) is 0 Å². The molecule has 1 heterocycles. The molecule has 104 valence electrons. The molecule has 4 heteroatoms. The number of carbonyl (C=O) groups is 1. The fourth-order valence-corrected chi connectivity index (χ4v) is 2.37. The average Bonchev–Trinajstić information content (AvgIpc) is 2.67. The lowest BCUT2D eigenvalue weighted by molar-refractivity contribution is -0.136. The average molecular weight is 262 g/mol. The molecule has 0 atom stereocenters. The Morgan fingerprint density at radius 1 is 1.21 bits per heavy atom. The quantitative estimate of drug-likeness (QED) is 0.827. The van der Waals surface area contributed by atoms with Crippen LogP contribution in [0.2, 0.25) is 0 Å². The van der Waals surface area contributed by atoms with Gasteiger partial charge in [-0.05, 0) is 38.0 Å². The molecule has 0 radical (unpaired) electrons. The predicted molar refractivity (Wildman–Crippen MR) is 75.9 cm³/mol.